The molecular weight excluding hydrogens is 354 g/mol. The van der Waals surface area contributed by atoms with Crippen LogP contribution in [0.25, 0.3) is 16.6 Å². The molecule has 2 aromatic heterocycles. The zero-order valence-electron chi connectivity index (χ0n) is 14.9. The molecule has 7 nitrogen and oxygen atoms in total. The average Bonchev–Trinajstić information content (AvgIpc) is 3.06. The molecule has 0 aliphatic heterocycles. The highest BCUT2D eigenvalue weighted by atomic mass is 35.5. The van der Waals surface area contributed by atoms with Crippen LogP contribution < -0.4 is 5.56 Å². The molecule has 1 aromatic carbocycles. The summed E-state index contributed by atoms with van der Waals surface area (Å²) in [4.78, 5) is 27.1. The fourth-order valence-electron chi connectivity index (χ4n) is 2.94. The average molecular weight is 374 g/mol. The molecule has 0 unspecified atom stereocenters. The smallest absolute Gasteiger partial charge is 0.293 e. The van der Waals surface area contributed by atoms with Gasteiger partial charge in [-0.05, 0) is 39.0 Å². The van der Waals surface area contributed by atoms with E-state index >= 15 is 0 Å². The Morgan fingerprint density at radius 2 is 2.00 bits per heavy atom. The summed E-state index contributed by atoms with van der Waals surface area (Å²) in [6.07, 6.45) is 1.61. The highest BCUT2D eigenvalue weighted by Crippen LogP contribution is 2.19. The van der Waals surface area contributed by atoms with Crippen LogP contribution in [0.4, 0.5) is 0 Å². The van der Waals surface area contributed by atoms with Gasteiger partial charge >= 0.3 is 0 Å². The summed E-state index contributed by atoms with van der Waals surface area (Å²) < 4.78 is 2.75. The van der Waals surface area contributed by atoms with Gasteiger partial charge in [0.25, 0.3) is 5.56 Å². The van der Waals surface area contributed by atoms with Crippen LogP contribution in [-0.2, 0) is 11.3 Å². The van der Waals surface area contributed by atoms with Crippen molar-refractivity contribution in [3.8, 4) is 5.69 Å². The molecule has 8 heteroatoms. The van der Waals surface area contributed by atoms with Crippen LogP contribution in [-0.4, -0.2) is 43.5 Å². The number of carbonyl (C=O) groups is 1. The highest BCUT2D eigenvalue weighted by Gasteiger charge is 2.18. The predicted octanol–water partition coefficient (Wildman–Crippen LogP) is 2.41. The van der Waals surface area contributed by atoms with Crippen molar-refractivity contribution in [1.82, 2.24) is 24.5 Å². The van der Waals surface area contributed by atoms with Gasteiger partial charge in [0, 0.05) is 23.5 Å². The first-order valence-corrected chi connectivity index (χ1v) is 8.83. The summed E-state index contributed by atoms with van der Waals surface area (Å²) in [6, 6.07) is 7.10. The first-order chi connectivity index (χ1) is 12.5. The van der Waals surface area contributed by atoms with E-state index in [9.17, 15) is 9.59 Å². The van der Waals surface area contributed by atoms with E-state index in [1.807, 2.05) is 19.9 Å². The molecule has 0 atom stereocenters. The van der Waals surface area contributed by atoms with E-state index in [2.05, 4.69) is 10.2 Å². The minimum absolute atomic E-state index is 0.0992. The van der Waals surface area contributed by atoms with E-state index in [1.54, 1.807) is 36.2 Å². The number of hydrogen-bond acceptors (Lipinski definition) is 4. The van der Waals surface area contributed by atoms with E-state index < -0.39 is 0 Å². The fraction of sp³-hybridized carbons (Fsp3) is 0.333. The second kappa shape index (κ2) is 7.29. The lowest BCUT2D eigenvalue weighted by Crippen LogP contribution is -2.37. The Morgan fingerprint density at radius 3 is 2.65 bits per heavy atom. The molecule has 0 N–H and O–H groups in total. The van der Waals surface area contributed by atoms with Gasteiger partial charge in [-0.15, -0.1) is 0 Å². The van der Waals surface area contributed by atoms with Gasteiger partial charge in [0.15, 0.2) is 0 Å². The summed E-state index contributed by atoms with van der Waals surface area (Å²) in [7, 11) is 0. The number of hydrogen-bond donors (Lipinski definition) is 0. The molecule has 0 aliphatic carbocycles. The molecular formula is C18H20ClN5O2. The number of halogens is 1. The van der Waals surface area contributed by atoms with Crippen molar-refractivity contribution in [1.29, 1.82) is 0 Å². The largest absolute Gasteiger partial charge is 0.342 e. The molecule has 0 radical (unpaired) electrons. The molecule has 3 rings (SSSR count). The molecule has 0 fully saturated rings. The van der Waals surface area contributed by atoms with Crippen molar-refractivity contribution in [3.05, 3.63) is 51.5 Å². The SMILES string of the molecule is CCN(CC)C(=O)Cn1nc(C)c2cnn(-c3cccc(Cl)c3)c2c1=O. The molecule has 3 aromatic rings. The third kappa shape index (κ3) is 3.22. The molecule has 0 saturated carbocycles. The Balaban J connectivity index is 2.13. The minimum Gasteiger partial charge on any atom is -0.342 e. The van der Waals surface area contributed by atoms with E-state index in [4.69, 9.17) is 11.6 Å². The quantitative estimate of drug-likeness (QED) is 0.688. The normalized spacial score (nSPS) is 11.1. The maximum atomic E-state index is 13.0. The summed E-state index contributed by atoms with van der Waals surface area (Å²) in [5, 5.41) is 9.82. The maximum absolute atomic E-state index is 13.0. The van der Waals surface area contributed by atoms with Crippen LogP contribution in [0.15, 0.2) is 35.3 Å². The van der Waals surface area contributed by atoms with Gasteiger partial charge in [-0.2, -0.15) is 10.2 Å². The lowest BCUT2D eigenvalue weighted by atomic mass is 10.2. The zero-order valence-corrected chi connectivity index (χ0v) is 15.7. The number of fused-ring (bicyclic) bond motifs is 1. The standard InChI is InChI=1S/C18H20ClN5O2/c1-4-22(5-2)16(25)11-23-18(26)17-15(12(3)21-23)10-20-24(17)14-8-6-7-13(19)9-14/h6-10H,4-5,11H2,1-3H3. The molecule has 136 valence electrons. The van der Waals surface area contributed by atoms with Crippen molar-refractivity contribution < 1.29 is 4.79 Å². The summed E-state index contributed by atoms with van der Waals surface area (Å²) in [5.41, 5.74) is 1.34. The van der Waals surface area contributed by atoms with Gasteiger partial charge in [-0.25, -0.2) is 9.36 Å². The molecule has 0 aliphatic rings. The number of aryl methyl sites for hydroxylation is 1. The second-order valence-electron chi connectivity index (χ2n) is 5.91. The van der Waals surface area contributed by atoms with Crippen LogP contribution in [0.3, 0.4) is 0 Å². The van der Waals surface area contributed by atoms with Crippen LogP contribution >= 0.6 is 11.6 Å². The fourth-order valence-corrected chi connectivity index (χ4v) is 3.12. The van der Waals surface area contributed by atoms with Gasteiger partial charge in [0.2, 0.25) is 5.91 Å². The number of aromatic nitrogens is 4. The molecule has 0 saturated heterocycles. The van der Waals surface area contributed by atoms with Gasteiger partial charge in [0.1, 0.15) is 12.1 Å². The monoisotopic (exact) mass is 373 g/mol. The van der Waals surface area contributed by atoms with E-state index in [1.165, 1.54) is 9.36 Å². The van der Waals surface area contributed by atoms with Crippen LogP contribution in [0.5, 0.6) is 0 Å². The Labute approximate surface area is 155 Å². The Kier molecular flexibility index (Phi) is 5.08. The van der Waals surface area contributed by atoms with Crippen molar-refractivity contribution >= 4 is 28.4 Å². The third-order valence-corrected chi connectivity index (χ3v) is 4.56. The number of amides is 1. The van der Waals surface area contributed by atoms with Crippen molar-refractivity contribution in [2.45, 2.75) is 27.3 Å². The van der Waals surface area contributed by atoms with Crippen LogP contribution in [0, 0.1) is 6.92 Å². The lowest BCUT2D eigenvalue weighted by molar-refractivity contribution is -0.131. The van der Waals surface area contributed by atoms with Gasteiger partial charge < -0.3 is 4.90 Å². The number of likely N-dealkylation sites (N-methyl/N-ethyl adjacent to an activating group) is 1. The molecule has 26 heavy (non-hydrogen) atoms. The minimum atomic E-state index is -0.358. The topological polar surface area (TPSA) is 73.0 Å². The Hall–Kier alpha value is -2.67. The molecule has 2 heterocycles. The predicted molar refractivity (Wildman–Crippen MR) is 101 cm³/mol. The summed E-state index contributed by atoms with van der Waals surface area (Å²) in [6.45, 7) is 6.68. The molecule has 0 bridgehead atoms. The summed E-state index contributed by atoms with van der Waals surface area (Å²) >= 11 is 6.06. The van der Waals surface area contributed by atoms with Crippen LogP contribution in [0.2, 0.25) is 5.02 Å². The molecule has 1 amide bonds. The summed E-state index contributed by atoms with van der Waals surface area (Å²) in [5.74, 6) is -0.142. The van der Waals surface area contributed by atoms with Crippen molar-refractivity contribution in [2.24, 2.45) is 0 Å². The van der Waals surface area contributed by atoms with Gasteiger partial charge in [-0.1, -0.05) is 17.7 Å². The van der Waals surface area contributed by atoms with E-state index in [0.717, 1.165) is 0 Å². The van der Waals surface area contributed by atoms with Crippen LogP contribution in [0.1, 0.15) is 19.5 Å². The first kappa shape index (κ1) is 18.1. The Morgan fingerprint density at radius 1 is 1.27 bits per heavy atom. The number of nitrogens with zero attached hydrogens (tertiary/aromatic N) is 5. The lowest BCUT2D eigenvalue weighted by Gasteiger charge is -2.18. The van der Waals surface area contributed by atoms with Gasteiger partial charge in [0.05, 0.1) is 17.6 Å². The number of benzene rings is 1. The second-order valence-corrected chi connectivity index (χ2v) is 6.35. The van der Waals surface area contributed by atoms with Crippen molar-refractivity contribution in [3.63, 3.8) is 0 Å². The third-order valence-electron chi connectivity index (χ3n) is 4.32. The molecule has 0 spiro atoms. The maximum Gasteiger partial charge on any atom is 0.293 e. The van der Waals surface area contributed by atoms with E-state index in [0.29, 0.717) is 40.4 Å². The zero-order chi connectivity index (χ0) is 18.8. The number of rotatable bonds is 5. The van der Waals surface area contributed by atoms with Gasteiger partial charge in [-0.3, -0.25) is 9.59 Å². The Bertz CT molecular complexity index is 1020. The first-order valence-electron chi connectivity index (χ1n) is 8.45. The highest BCUT2D eigenvalue weighted by molar-refractivity contribution is 6.30. The van der Waals surface area contributed by atoms with E-state index in [-0.39, 0.29) is 18.0 Å². The number of carbonyl (C=O) groups excluding carboxylic acids is 1. The van der Waals surface area contributed by atoms with Crippen molar-refractivity contribution in [2.75, 3.05) is 13.1 Å².